The van der Waals surface area contributed by atoms with Crippen LogP contribution in [0.25, 0.3) is 0 Å². The summed E-state index contributed by atoms with van der Waals surface area (Å²) in [4.78, 5) is 11.6. The Morgan fingerprint density at radius 3 is 2.29 bits per heavy atom. The van der Waals surface area contributed by atoms with Crippen molar-refractivity contribution in [2.24, 2.45) is 0 Å². The molecular formula is C11H11Cl2N3O. The van der Waals surface area contributed by atoms with Crippen molar-refractivity contribution in [1.29, 1.82) is 5.26 Å². The normalized spacial score (nSPS) is 10.5. The second-order valence-electron chi connectivity index (χ2n) is 3.97. The van der Waals surface area contributed by atoms with Gasteiger partial charge in [0.25, 0.3) is 0 Å². The van der Waals surface area contributed by atoms with Gasteiger partial charge in [0.1, 0.15) is 5.54 Å². The molecule has 0 aromatic heterocycles. The highest BCUT2D eigenvalue weighted by molar-refractivity contribution is 6.35. The fourth-order valence-electron chi connectivity index (χ4n) is 1.10. The van der Waals surface area contributed by atoms with E-state index in [9.17, 15) is 4.79 Å². The highest BCUT2D eigenvalue weighted by Crippen LogP contribution is 2.22. The number of hydrogen-bond donors (Lipinski definition) is 2. The number of carbonyl (C=O) groups excluding carboxylic acids is 1. The summed E-state index contributed by atoms with van der Waals surface area (Å²) in [6.07, 6.45) is 0. The third-order valence-electron chi connectivity index (χ3n) is 1.83. The van der Waals surface area contributed by atoms with Crippen LogP contribution in [0.5, 0.6) is 0 Å². The fraction of sp³-hybridized carbons (Fsp3) is 0.273. The smallest absolute Gasteiger partial charge is 0.320 e. The SMILES string of the molecule is CC(C)(C#N)NC(=O)Nc1cc(Cl)cc(Cl)c1. The Hall–Kier alpha value is -1.44. The molecule has 1 aromatic carbocycles. The molecule has 0 saturated heterocycles. The fourth-order valence-corrected chi connectivity index (χ4v) is 1.63. The van der Waals surface area contributed by atoms with Gasteiger partial charge in [-0.05, 0) is 32.0 Å². The van der Waals surface area contributed by atoms with E-state index in [2.05, 4.69) is 10.6 Å². The van der Waals surface area contributed by atoms with Crippen LogP contribution in [0.15, 0.2) is 18.2 Å². The molecule has 2 amide bonds. The van der Waals surface area contributed by atoms with Crippen molar-refractivity contribution in [2.45, 2.75) is 19.4 Å². The molecule has 0 atom stereocenters. The number of amides is 2. The molecule has 0 radical (unpaired) electrons. The first-order chi connectivity index (χ1) is 7.82. The summed E-state index contributed by atoms with van der Waals surface area (Å²) in [7, 11) is 0. The second-order valence-corrected chi connectivity index (χ2v) is 4.85. The molecule has 1 rings (SSSR count). The number of nitrogens with zero attached hydrogens (tertiary/aromatic N) is 1. The number of nitrogens with one attached hydrogen (secondary N) is 2. The molecule has 0 spiro atoms. The number of urea groups is 1. The maximum absolute atomic E-state index is 11.6. The van der Waals surface area contributed by atoms with Crippen LogP contribution in [-0.2, 0) is 0 Å². The van der Waals surface area contributed by atoms with Crippen LogP contribution >= 0.6 is 23.2 Å². The summed E-state index contributed by atoms with van der Waals surface area (Å²) in [6.45, 7) is 3.19. The maximum Gasteiger partial charge on any atom is 0.320 e. The highest BCUT2D eigenvalue weighted by Gasteiger charge is 2.19. The molecular weight excluding hydrogens is 261 g/mol. The Morgan fingerprint density at radius 2 is 1.82 bits per heavy atom. The van der Waals surface area contributed by atoms with Gasteiger partial charge in [-0.2, -0.15) is 5.26 Å². The van der Waals surface area contributed by atoms with Crippen molar-refractivity contribution in [3.63, 3.8) is 0 Å². The zero-order valence-electron chi connectivity index (χ0n) is 9.34. The van der Waals surface area contributed by atoms with Crippen molar-refractivity contribution >= 4 is 34.9 Å². The van der Waals surface area contributed by atoms with Gasteiger partial charge in [-0.1, -0.05) is 23.2 Å². The zero-order valence-corrected chi connectivity index (χ0v) is 10.9. The Labute approximate surface area is 110 Å². The van der Waals surface area contributed by atoms with Gasteiger partial charge in [-0.15, -0.1) is 0 Å². The van der Waals surface area contributed by atoms with E-state index in [1.165, 1.54) is 0 Å². The van der Waals surface area contributed by atoms with E-state index in [1.807, 2.05) is 6.07 Å². The number of anilines is 1. The highest BCUT2D eigenvalue weighted by atomic mass is 35.5. The third-order valence-corrected chi connectivity index (χ3v) is 2.26. The molecule has 0 fully saturated rings. The van der Waals surface area contributed by atoms with Crippen LogP contribution in [0.3, 0.4) is 0 Å². The van der Waals surface area contributed by atoms with Gasteiger partial charge in [0.2, 0.25) is 0 Å². The van der Waals surface area contributed by atoms with Crippen LogP contribution in [0.1, 0.15) is 13.8 Å². The average molecular weight is 272 g/mol. The number of rotatable bonds is 2. The van der Waals surface area contributed by atoms with E-state index >= 15 is 0 Å². The van der Waals surface area contributed by atoms with Gasteiger partial charge >= 0.3 is 6.03 Å². The standard InChI is InChI=1S/C11H11Cl2N3O/c1-11(2,6-14)16-10(17)15-9-4-7(12)3-8(13)5-9/h3-5H,1-2H3,(H2,15,16,17). The molecule has 4 nitrogen and oxygen atoms in total. The van der Waals surface area contributed by atoms with Crippen molar-refractivity contribution in [3.05, 3.63) is 28.2 Å². The average Bonchev–Trinajstić information content (AvgIpc) is 2.14. The van der Waals surface area contributed by atoms with Crippen molar-refractivity contribution < 1.29 is 4.79 Å². The lowest BCUT2D eigenvalue weighted by Gasteiger charge is -2.17. The Morgan fingerprint density at radius 1 is 1.29 bits per heavy atom. The second kappa shape index (κ2) is 5.26. The third kappa shape index (κ3) is 4.51. The molecule has 90 valence electrons. The molecule has 0 aliphatic carbocycles. The van der Waals surface area contributed by atoms with Gasteiger partial charge in [0.15, 0.2) is 0 Å². The van der Waals surface area contributed by atoms with Crippen LogP contribution in [0.4, 0.5) is 10.5 Å². The predicted octanol–water partition coefficient (Wildman–Crippen LogP) is 3.42. The molecule has 0 saturated carbocycles. The lowest BCUT2D eigenvalue weighted by Crippen LogP contribution is -2.44. The van der Waals surface area contributed by atoms with E-state index < -0.39 is 11.6 Å². The quantitative estimate of drug-likeness (QED) is 0.866. The number of carbonyl (C=O) groups is 1. The Bertz CT molecular complexity index is 460. The summed E-state index contributed by atoms with van der Waals surface area (Å²) in [5.74, 6) is 0. The summed E-state index contributed by atoms with van der Waals surface area (Å²) in [5.41, 5.74) is -0.472. The largest absolute Gasteiger partial charge is 0.320 e. The van der Waals surface area contributed by atoms with E-state index in [1.54, 1.807) is 32.0 Å². The van der Waals surface area contributed by atoms with Crippen molar-refractivity contribution in [2.75, 3.05) is 5.32 Å². The van der Waals surface area contributed by atoms with E-state index in [4.69, 9.17) is 28.5 Å². The summed E-state index contributed by atoms with van der Waals surface area (Å²) in [5, 5.41) is 14.6. The van der Waals surface area contributed by atoms with E-state index in [-0.39, 0.29) is 0 Å². The van der Waals surface area contributed by atoms with Gasteiger partial charge < -0.3 is 10.6 Å². The maximum atomic E-state index is 11.6. The molecule has 17 heavy (non-hydrogen) atoms. The molecule has 0 aliphatic rings. The number of hydrogen-bond acceptors (Lipinski definition) is 2. The summed E-state index contributed by atoms with van der Waals surface area (Å²) < 4.78 is 0. The van der Waals surface area contributed by atoms with Gasteiger partial charge in [-0.3, -0.25) is 0 Å². The first-order valence-corrected chi connectivity index (χ1v) is 5.54. The topological polar surface area (TPSA) is 64.9 Å². The van der Waals surface area contributed by atoms with Crippen LogP contribution < -0.4 is 10.6 Å². The minimum atomic E-state index is -0.938. The summed E-state index contributed by atoms with van der Waals surface area (Å²) in [6, 6.07) is 6.15. The Kier molecular flexibility index (Phi) is 4.22. The first-order valence-electron chi connectivity index (χ1n) is 4.79. The molecule has 2 N–H and O–H groups in total. The van der Waals surface area contributed by atoms with Crippen LogP contribution in [-0.4, -0.2) is 11.6 Å². The molecule has 0 unspecified atom stereocenters. The van der Waals surface area contributed by atoms with Crippen molar-refractivity contribution in [3.8, 4) is 6.07 Å². The van der Waals surface area contributed by atoms with Gasteiger partial charge in [0.05, 0.1) is 6.07 Å². The Balaban J connectivity index is 2.72. The van der Waals surface area contributed by atoms with Gasteiger partial charge in [-0.25, -0.2) is 4.79 Å². The van der Waals surface area contributed by atoms with E-state index in [0.717, 1.165) is 0 Å². The minimum absolute atomic E-state index is 0.423. The lowest BCUT2D eigenvalue weighted by molar-refractivity contribution is 0.246. The van der Waals surface area contributed by atoms with E-state index in [0.29, 0.717) is 15.7 Å². The number of nitriles is 1. The molecule has 0 aliphatic heterocycles. The minimum Gasteiger partial charge on any atom is -0.320 e. The van der Waals surface area contributed by atoms with Crippen LogP contribution in [0.2, 0.25) is 10.0 Å². The lowest BCUT2D eigenvalue weighted by atomic mass is 10.1. The number of halogens is 2. The summed E-state index contributed by atoms with van der Waals surface area (Å²) >= 11 is 11.6. The predicted molar refractivity (Wildman–Crippen MR) is 68.3 cm³/mol. The van der Waals surface area contributed by atoms with Gasteiger partial charge in [0, 0.05) is 15.7 Å². The monoisotopic (exact) mass is 271 g/mol. The van der Waals surface area contributed by atoms with Crippen molar-refractivity contribution in [1.82, 2.24) is 5.32 Å². The molecule has 0 heterocycles. The van der Waals surface area contributed by atoms with Crippen LogP contribution in [0, 0.1) is 11.3 Å². The number of benzene rings is 1. The molecule has 6 heteroatoms. The molecule has 0 bridgehead atoms. The molecule has 1 aromatic rings. The zero-order chi connectivity index (χ0) is 13.1. The first kappa shape index (κ1) is 13.6.